The fourth-order valence-electron chi connectivity index (χ4n) is 1.47. The Balaban J connectivity index is 2.69. The molecule has 6 nitrogen and oxygen atoms in total. The molecule has 0 aliphatic rings. The zero-order valence-electron chi connectivity index (χ0n) is 10.7. The van der Waals surface area contributed by atoms with Gasteiger partial charge in [0.15, 0.2) is 5.69 Å². The normalized spacial score (nSPS) is 11.8. The standard InChI is InChI=1S/C11H19N3O3/c1-5-8-9(10(15)16)12-13-14(8)6-7-17-11(2,3)4/h5-7H2,1-4H3,(H,15,16). The molecular weight excluding hydrogens is 222 g/mol. The van der Waals surface area contributed by atoms with Gasteiger partial charge >= 0.3 is 5.97 Å². The zero-order chi connectivity index (χ0) is 13.1. The summed E-state index contributed by atoms with van der Waals surface area (Å²) < 4.78 is 7.16. The summed E-state index contributed by atoms with van der Waals surface area (Å²) >= 11 is 0. The molecule has 0 radical (unpaired) electrons. The third kappa shape index (κ3) is 3.81. The van der Waals surface area contributed by atoms with Gasteiger partial charge in [-0.25, -0.2) is 9.48 Å². The predicted molar refractivity (Wildman–Crippen MR) is 62.1 cm³/mol. The van der Waals surface area contributed by atoms with E-state index in [1.165, 1.54) is 0 Å². The largest absolute Gasteiger partial charge is 0.476 e. The topological polar surface area (TPSA) is 77.2 Å². The zero-order valence-corrected chi connectivity index (χ0v) is 10.7. The highest BCUT2D eigenvalue weighted by molar-refractivity contribution is 5.86. The van der Waals surface area contributed by atoms with Crippen LogP contribution in [0, 0.1) is 0 Å². The van der Waals surface area contributed by atoms with Crippen LogP contribution in [0.5, 0.6) is 0 Å². The molecular formula is C11H19N3O3. The first kappa shape index (κ1) is 13.6. The van der Waals surface area contributed by atoms with Crippen molar-refractivity contribution in [3.05, 3.63) is 11.4 Å². The summed E-state index contributed by atoms with van der Waals surface area (Å²) in [4.78, 5) is 10.9. The smallest absolute Gasteiger partial charge is 0.358 e. The number of carboxylic acids is 1. The Morgan fingerprint density at radius 2 is 2.12 bits per heavy atom. The molecule has 0 aromatic carbocycles. The van der Waals surface area contributed by atoms with Gasteiger partial charge in [-0.05, 0) is 27.2 Å². The average Bonchev–Trinajstić information content (AvgIpc) is 2.58. The Bertz CT molecular complexity index is 393. The molecule has 0 aliphatic carbocycles. The molecule has 1 rings (SSSR count). The molecule has 0 atom stereocenters. The summed E-state index contributed by atoms with van der Waals surface area (Å²) in [6, 6.07) is 0. The minimum absolute atomic E-state index is 0.0308. The van der Waals surface area contributed by atoms with Gasteiger partial charge in [-0.2, -0.15) is 0 Å². The second-order valence-electron chi connectivity index (χ2n) is 4.73. The molecule has 0 fully saturated rings. The van der Waals surface area contributed by atoms with Gasteiger partial charge in [0.25, 0.3) is 0 Å². The van der Waals surface area contributed by atoms with Gasteiger partial charge in [-0.3, -0.25) is 0 Å². The second-order valence-corrected chi connectivity index (χ2v) is 4.73. The van der Waals surface area contributed by atoms with Crippen LogP contribution < -0.4 is 0 Å². The Labute approximate surface area is 101 Å². The van der Waals surface area contributed by atoms with E-state index >= 15 is 0 Å². The Morgan fingerprint density at radius 3 is 2.59 bits per heavy atom. The number of rotatable bonds is 5. The van der Waals surface area contributed by atoms with E-state index in [1.807, 2.05) is 27.7 Å². The molecule has 1 aromatic heterocycles. The van der Waals surface area contributed by atoms with Crippen LogP contribution in [0.2, 0.25) is 0 Å². The minimum Gasteiger partial charge on any atom is -0.476 e. The maximum absolute atomic E-state index is 10.9. The number of hydrogen-bond acceptors (Lipinski definition) is 4. The Morgan fingerprint density at radius 1 is 1.47 bits per heavy atom. The number of nitrogens with zero attached hydrogens (tertiary/aromatic N) is 3. The van der Waals surface area contributed by atoms with Crippen molar-refractivity contribution in [2.45, 2.75) is 46.3 Å². The highest BCUT2D eigenvalue weighted by Crippen LogP contribution is 2.09. The molecule has 6 heteroatoms. The van der Waals surface area contributed by atoms with Crippen molar-refractivity contribution in [3.8, 4) is 0 Å². The predicted octanol–water partition coefficient (Wildman–Crippen LogP) is 1.35. The molecule has 0 amide bonds. The van der Waals surface area contributed by atoms with Gasteiger partial charge in [0, 0.05) is 0 Å². The first-order valence-corrected chi connectivity index (χ1v) is 5.64. The van der Waals surface area contributed by atoms with Gasteiger partial charge in [-0.1, -0.05) is 12.1 Å². The Kier molecular flexibility index (Phi) is 4.22. The van der Waals surface area contributed by atoms with Crippen molar-refractivity contribution in [1.29, 1.82) is 0 Å². The number of carboxylic acid groups (broad SMARTS) is 1. The van der Waals surface area contributed by atoms with E-state index in [2.05, 4.69) is 10.3 Å². The summed E-state index contributed by atoms with van der Waals surface area (Å²) in [5, 5.41) is 16.4. The fraction of sp³-hybridized carbons (Fsp3) is 0.727. The van der Waals surface area contributed by atoms with E-state index in [0.29, 0.717) is 25.3 Å². The molecule has 0 saturated heterocycles. The second kappa shape index (κ2) is 5.27. The van der Waals surface area contributed by atoms with Crippen molar-refractivity contribution in [1.82, 2.24) is 15.0 Å². The van der Waals surface area contributed by atoms with Gasteiger partial charge in [0.2, 0.25) is 0 Å². The summed E-state index contributed by atoms with van der Waals surface area (Å²) in [5.41, 5.74) is 0.459. The van der Waals surface area contributed by atoms with Gasteiger partial charge in [-0.15, -0.1) is 5.10 Å². The molecule has 17 heavy (non-hydrogen) atoms. The molecule has 1 heterocycles. The first-order valence-electron chi connectivity index (χ1n) is 5.64. The van der Waals surface area contributed by atoms with Crippen molar-refractivity contribution in [3.63, 3.8) is 0 Å². The van der Waals surface area contributed by atoms with Crippen molar-refractivity contribution in [2.24, 2.45) is 0 Å². The van der Waals surface area contributed by atoms with Crippen LogP contribution in [-0.2, 0) is 17.7 Å². The van der Waals surface area contributed by atoms with Crippen molar-refractivity contribution < 1.29 is 14.6 Å². The first-order chi connectivity index (χ1) is 7.85. The highest BCUT2D eigenvalue weighted by Gasteiger charge is 2.17. The molecule has 1 N–H and O–H groups in total. The van der Waals surface area contributed by atoms with Crippen LogP contribution in [0.25, 0.3) is 0 Å². The van der Waals surface area contributed by atoms with E-state index in [-0.39, 0.29) is 11.3 Å². The number of carbonyl (C=O) groups is 1. The van der Waals surface area contributed by atoms with E-state index < -0.39 is 5.97 Å². The molecule has 0 saturated carbocycles. The number of aromatic carboxylic acids is 1. The maximum atomic E-state index is 10.9. The van der Waals surface area contributed by atoms with Crippen LogP contribution >= 0.6 is 0 Å². The van der Waals surface area contributed by atoms with E-state index in [4.69, 9.17) is 9.84 Å². The summed E-state index contributed by atoms with van der Waals surface area (Å²) in [6.45, 7) is 8.79. The van der Waals surface area contributed by atoms with Crippen LogP contribution in [-0.4, -0.2) is 38.3 Å². The number of ether oxygens (including phenoxy) is 1. The lowest BCUT2D eigenvalue weighted by atomic mass is 10.2. The summed E-state index contributed by atoms with van der Waals surface area (Å²) in [6.07, 6.45) is 0.587. The van der Waals surface area contributed by atoms with E-state index in [9.17, 15) is 4.79 Å². The van der Waals surface area contributed by atoms with Crippen LogP contribution in [0.1, 0.15) is 43.9 Å². The quantitative estimate of drug-likeness (QED) is 0.842. The molecule has 0 aliphatic heterocycles. The lowest BCUT2D eigenvalue weighted by Crippen LogP contribution is -2.22. The molecule has 0 unspecified atom stereocenters. The van der Waals surface area contributed by atoms with Crippen molar-refractivity contribution >= 4 is 5.97 Å². The van der Waals surface area contributed by atoms with E-state index in [0.717, 1.165) is 0 Å². The Hall–Kier alpha value is -1.43. The monoisotopic (exact) mass is 241 g/mol. The van der Waals surface area contributed by atoms with Gasteiger partial charge in [0.1, 0.15) is 0 Å². The third-order valence-electron chi connectivity index (χ3n) is 2.21. The number of aromatic nitrogens is 3. The van der Waals surface area contributed by atoms with Crippen LogP contribution in [0.15, 0.2) is 0 Å². The SMILES string of the molecule is CCc1c(C(=O)O)nnn1CCOC(C)(C)C. The van der Waals surface area contributed by atoms with Gasteiger partial charge < -0.3 is 9.84 Å². The van der Waals surface area contributed by atoms with E-state index in [1.54, 1.807) is 4.68 Å². The molecule has 0 bridgehead atoms. The average molecular weight is 241 g/mol. The highest BCUT2D eigenvalue weighted by atomic mass is 16.5. The van der Waals surface area contributed by atoms with Crippen LogP contribution in [0.4, 0.5) is 0 Å². The summed E-state index contributed by atoms with van der Waals surface area (Å²) in [7, 11) is 0. The maximum Gasteiger partial charge on any atom is 0.358 e. The number of hydrogen-bond donors (Lipinski definition) is 1. The minimum atomic E-state index is -1.04. The van der Waals surface area contributed by atoms with Crippen molar-refractivity contribution in [2.75, 3.05) is 6.61 Å². The fourth-order valence-corrected chi connectivity index (χ4v) is 1.47. The molecule has 0 spiro atoms. The lowest BCUT2D eigenvalue weighted by molar-refractivity contribution is -0.00831. The molecule has 1 aromatic rings. The summed E-state index contributed by atoms with van der Waals surface area (Å²) in [5.74, 6) is -1.04. The third-order valence-corrected chi connectivity index (χ3v) is 2.21. The lowest BCUT2D eigenvalue weighted by Gasteiger charge is -2.19. The van der Waals surface area contributed by atoms with Gasteiger partial charge in [0.05, 0.1) is 24.4 Å². The van der Waals surface area contributed by atoms with Crippen LogP contribution in [0.3, 0.4) is 0 Å². The molecule has 96 valence electrons.